The van der Waals surface area contributed by atoms with Crippen molar-refractivity contribution < 1.29 is 14.3 Å². The van der Waals surface area contributed by atoms with E-state index in [1.165, 1.54) is 0 Å². The first-order valence-corrected chi connectivity index (χ1v) is 6.77. The molecule has 0 aromatic rings. The number of carbonyl (C=O) groups excluding carboxylic acids is 2. The molecule has 0 bridgehead atoms. The van der Waals surface area contributed by atoms with Gasteiger partial charge in [0.05, 0.1) is 6.61 Å². The third-order valence-electron chi connectivity index (χ3n) is 3.33. The fourth-order valence-electron chi connectivity index (χ4n) is 2.08. The summed E-state index contributed by atoms with van der Waals surface area (Å²) < 4.78 is 4.88. The Balaban J connectivity index is 2.48. The van der Waals surface area contributed by atoms with E-state index in [2.05, 4.69) is 6.92 Å². The number of rotatable bonds is 4. The van der Waals surface area contributed by atoms with Gasteiger partial charge in [-0.25, -0.2) is 4.79 Å². The quantitative estimate of drug-likeness (QED) is 0.720. The number of hydrogen-bond donors (Lipinski definition) is 0. The predicted octanol–water partition coefficient (Wildman–Crippen LogP) is 1.72. The number of carbonyl (C=O) groups is 2. The van der Waals surface area contributed by atoms with Crippen molar-refractivity contribution in [3.8, 4) is 0 Å². The first kappa shape index (κ1) is 14.8. The van der Waals surface area contributed by atoms with E-state index >= 15 is 0 Å². The number of urea groups is 1. The van der Waals surface area contributed by atoms with Crippen molar-refractivity contribution in [1.29, 1.82) is 0 Å². The number of piperidine rings is 1. The summed E-state index contributed by atoms with van der Waals surface area (Å²) in [6.07, 6.45) is 2.09. The van der Waals surface area contributed by atoms with E-state index in [1.807, 2.05) is 11.8 Å². The Bertz CT molecular complexity index is 286. The van der Waals surface area contributed by atoms with Gasteiger partial charge in [-0.2, -0.15) is 0 Å². The van der Waals surface area contributed by atoms with Gasteiger partial charge in [0, 0.05) is 19.6 Å². The van der Waals surface area contributed by atoms with Crippen molar-refractivity contribution >= 4 is 12.0 Å². The Labute approximate surface area is 109 Å². The van der Waals surface area contributed by atoms with Gasteiger partial charge in [-0.05, 0) is 32.6 Å². The van der Waals surface area contributed by atoms with Crippen LogP contribution in [-0.2, 0) is 9.53 Å². The van der Waals surface area contributed by atoms with Crippen LogP contribution in [0.4, 0.5) is 4.79 Å². The smallest absolute Gasteiger partial charge is 0.325 e. The zero-order valence-corrected chi connectivity index (χ0v) is 11.6. The second-order valence-corrected chi connectivity index (χ2v) is 4.77. The van der Waals surface area contributed by atoms with E-state index in [1.54, 1.807) is 11.8 Å². The van der Waals surface area contributed by atoms with Crippen LogP contribution in [0.3, 0.4) is 0 Å². The molecule has 5 nitrogen and oxygen atoms in total. The molecule has 1 fully saturated rings. The number of likely N-dealkylation sites (tertiary alicyclic amines) is 1. The van der Waals surface area contributed by atoms with Gasteiger partial charge >= 0.3 is 12.0 Å². The molecule has 0 aromatic carbocycles. The van der Waals surface area contributed by atoms with Crippen LogP contribution < -0.4 is 0 Å². The maximum absolute atomic E-state index is 12.2. The number of amides is 2. The standard InChI is InChI=1S/C13H24N2O3/c1-4-14(10-12(16)18-5-2)13(17)15-8-6-11(3)7-9-15/h11H,4-10H2,1-3H3. The van der Waals surface area contributed by atoms with Crippen molar-refractivity contribution in [3.05, 3.63) is 0 Å². The number of esters is 1. The number of likely N-dealkylation sites (N-methyl/N-ethyl adjacent to an activating group) is 1. The molecule has 1 aliphatic heterocycles. The van der Waals surface area contributed by atoms with Crippen molar-refractivity contribution in [2.75, 3.05) is 32.8 Å². The molecule has 0 atom stereocenters. The van der Waals surface area contributed by atoms with Gasteiger partial charge in [-0.3, -0.25) is 4.79 Å². The van der Waals surface area contributed by atoms with Gasteiger partial charge in [-0.1, -0.05) is 6.92 Å². The second-order valence-electron chi connectivity index (χ2n) is 4.77. The Hall–Kier alpha value is -1.26. The molecule has 18 heavy (non-hydrogen) atoms. The molecular formula is C13H24N2O3. The first-order valence-electron chi connectivity index (χ1n) is 6.77. The SMILES string of the molecule is CCOC(=O)CN(CC)C(=O)N1CCC(C)CC1. The van der Waals surface area contributed by atoms with E-state index in [0.29, 0.717) is 19.1 Å². The Morgan fingerprint density at radius 2 is 1.89 bits per heavy atom. The minimum absolute atomic E-state index is 0.0440. The van der Waals surface area contributed by atoms with E-state index in [0.717, 1.165) is 25.9 Å². The molecule has 1 saturated heterocycles. The van der Waals surface area contributed by atoms with E-state index in [-0.39, 0.29) is 18.5 Å². The average Bonchev–Trinajstić information content (AvgIpc) is 2.36. The van der Waals surface area contributed by atoms with Gasteiger partial charge < -0.3 is 14.5 Å². The van der Waals surface area contributed by atoms with Crippen molar-refractivity contribution in [3.63, 3.8) is 0 Å². The monoisotopic (exact) mass is 256 g/mol. The maximum atomic E-state index is 12.2. The highest BCUT2D eigenvalue weighted by Crippen LogP contribution is 2.17. The molecule has 0 spiro atoms. The summed E-state index contributed by atoms with van der Waals surface area (Å²) in [5.41, 5.74) is 0. The topological polar surface area (TPSA) is 49.9 Å². The Kier molecular flexibility index (Phi) is 5.95. The predicted molar refractivity (Wildman–Crippen MR) is 69.2 cm³/mol. The largest absolute Gasteiger partial charge is 0.465 e. The minimum atomic E-state index is -0.335. The average molecular weight is 256 g/mol. The van der Waals surface area contributed by atoms with Crippen LogP contribution in [0.1, 0.15) is 33.6 Å². The maximum Gasteiger partial charge on any atom is 0.325 e. The van der Waals surface area contributed by atoms with Crippen molar-refractivity contribution in [2.24, 2.45) is 5.92 Å². The summed E-state index contributed by atoms with van der Waals surface area (Å²) in [5.74, 6) is 0.354. The van der Waals surface area contributed by atoms with E-state index in [4.69, 9.17) is 4.74 Å². The molecule has 104 valence electrons. The molecule has 0 aliphatic carbocycles. The Morgan fingerprint density at radius 1 is 1.28 bits per heavy atom. The molecule has 5 heteroatoms. The highest BCUT2D eigenvalue weighted by molar-refractivity contribution is 5.81. The summed E-state index contributed by atoms with van der Waals surface area (Å²) >= 11 is 0. The highest BCUT2D eigenvalue weighted by Gasteiger charge is 2.25. The van der Waals surface area contributed by atoms with E-state index < -0.39 is 0 Å². The van der Waals surface area contributed by atoms with Crippen LogP contribution in [0.2, 0.25) is 0 Å². The first-order chi connectivity index (χ1) is 8.58. The summed E-state index contributed by atoms with van der Waals surface area (Å²) in [4.78, 5) is 27.0. The number of hydrogen-bond acceptors (Lipinski definition) is 3. The third-order valence-corrected chi connectivity index (χ3v) is 3.33. The molecule has 0 N–H and O–H groups in total. The molecule has 0 unspecified atom stereocenters. The van der Waals surface area contributed by atoms with Gasteiger partial charge in [0.2, 0.25) is 0 Å². The minimum Gasteiger partial charge on any atom is -0.465 e. The van der Waals surface area contributed by atoms with Crippen molar-refractivity contribution in [1.82, 2.24) is 9.80 Å². The van der Waals surface area contributed by atoms with Crippen LogP contribution in [0.25, 0.3) is 0 Å². The Morgan fingerprint density at radius 3 is 2.39 bits per heavy atom. The summed E-state index contributed by atoms with van der Waals surface area (Å²) in [6.45, 7) is 8.37. The van der Waals surface area contributed by atoms with Crippen LogP contribution in [0.15, 0.2) is 0 Å². The number of nitrogens with zero attached hydrogens (tertiary/aromatic N) is 2. The molecule has 2 amide bonds. The fourth-order valence-corrected chi connectivity index (χ4v) is 2.08. The lowest BCUT2D eigenvalue weighted by Gasteiger charge is -2.34. The van der Waals surface area contributed by atoms with Crippen LogP contribution in [-0.4, -0.2) is 54.6 Å². The number of ether oxygens (including phenoxy) is 1. The summed E-state index contributed by atoms with van der Waals surface area (Å²) in [7, 11) is 0. The van der Waals surface area contributed by atoms with Gasteiger partial charge in [-0.15, -0.1) is 0 Å². The highest BCUT2D eigenvalue weighted by atomic mass is 16.5. The van der Waals surface area contributed by atoms with Crippen LogP contribution in [0.5, 0.6) is 0 Å². The lowest BCUT2D eigenvalue weighted by atomic mass is 10.00. The molecule has 0 aromatic heterocycles. The van der Waals surface area contributed by atoms with Gasteiger partial charge in [0.25, 0.3) is 0 Å². The summed E-state index contributed by atoms with van der Waals surface area (Å²) in [6, 6.07) is -0.0440. The lowest BCUT2D eigenvalue weighted by molar-refractivity contribution is -0.143. The van der Waals surface area contributed by atoms with E-state index in [9.17, 15) is 9.59 Å². The van der Waals surface area contributed by atoms with Gasteiger partial charge in [0.1, 0.15) is 6.54 Å². The normalized spacial score (nSPS) is 16.5. The lowest BCUT2D eigenvalue weighted by Crippen LogP contribution is -2.48. The third kappa shape index (κ3) is 4.20. The molecule has 1 aliphatic rings. The molecule has 1 rings (SSSR count). The zero-order chi connectivity index (χ0) is 13.5. The van der Waals surface area contributed by atoms with Crippen LogP contribution >= 0.6 is 0 Å². The van der Waals surface area contributed by atoms with Gasteiger partial charge in [0.15, 0.2) is 0 Å². The summed E-state index contributed by atoms with van der Waals surface area (Å²) in [5, 5.41) is 0. The molecular weight excluding hydrogens is 232 g/mol. The zero-order valence-electron chi connectivity index (χ0n) is 11.6. The van der Waals surface area contributed by atoms with Crippen LogP contribution in [0, 0.1) is 5.92 Å². The second kappa shape index (κ2) is 7.24. The molecule has 1 heterocycles. The molecule has 0 radical (unpaired) electrons. The van der Waals surface area contributed by atoms with Crippen molar-refractivity contribution in [2.45, 2.75) is 33.6 Å². The fraction of sp³-hybridized carbons (Fsp3) is 0.846. The molecule has 0 saturated carbocycles.